The summed E-state index contributed by atoms with van der Waals surface area (Å²) in [7, 11) is -6.39. The van der Waals surface area contributed by atoms with E-state index in [4.69, 9.17) is 0 Å². The highest BCUT2D eigenvalue weighted by atomic mass is 32.2. The fourth-order valence-electron chi connectivity index (χ4n) is 2.14. The van der Waals surface area contributed by atoms with Gasteiger partial charge in [-0.25, -0.2) is 26.4 Å². The minimum atomic E-state index is -3.96. The molecule has 0 spiro atoms. The Bertz CT molecular complexity index is 1020. The molecule has 8 nitrogen and oxygen atoms in total. The molecular formula is C17H20N2O6S2. The number of ether oxygens (including phenoxy) is 1. The van der Waals surface area contributed by atoms with Crippen molar-refractivity contribution in [3.8, 4) is 0 Å². The molecule has 10 heteroatoms. The average molecular weight is 412 g/mol. The molecule has 2 aromatic rings. The molecule has 0 aliphatic rings. The number of carbonyl (C=O) groups excluding carboxylic acids is 1. The van der Waals surface area contributed by atoms with Crippen LogP contribution < -0.4 is 9.44 Å². The van der Waals surface area contributed by atoms with Crippen molar-refractivity contribution in [2.75, 3.05) is 18.4 Å². The van der Waals surface area contributed by atoms with Gasteiger partial charge in [-0.2, -0.15) is 0 Å². The van der Waals surface area contributed by atoms with Crippen molar-refractivity contribution in [3.63, 3.8) is 0 Å². The van der Waals surface area contributed by atoms with E-state index in [0.717, 1.165) is 0 Å². The van der Waals surface area contributed by atoms with Crippen LogP contribution in [0.25, 0.3) is 0 Å². The molecule has 2 rings (SSSR count). The van der Waals surface area contributed by atoms with Gasteiger partial charge in [0.2, 0.25) is 10.0 Å². The van der Waals surface area contributed by atoms with E-state index >= 15 is 0 Å². The van der Waals surface area contributed by atoms with Gasteiger partial charge in [-0.05, 0) is 48.9 Å². The Morgan fingerprint density at radius 3 is 2.22 bits per heavy atom. The topological polar surface area (TPSA) is 119 Å². The maximum atomic E-state index is 12.5. The Morgan fingerprint density at radius 1 is 0.963 bits per heavy atom. The zero-order valence-electron chi connectivity index (χ0n) is 14.8. The second-order valence-electron chi connectivity index (χ2n) is 5.55. The van der Waals surface area contributed by atoms with E-state index in [2.05, 4.69) is 14.2 Å². The molecule has 146 valence electrons. The highest BCUT2D eigenvalue weighted by molar-refractivity contribution is 7.92. The highest BCUT2D eigenvalue weighted by Crippen LogP contribution is 2.19. The summed E-state index contributed by atoms with van der Waals surface area (Å²) in [6, 6.07) is 10.7. The molecule has 0 saturated carbocycles. The molecule has 0 aliphatic carbocycles. The third-order valence-corrected chi connectivity index (χ3v) is 6.38. The minimum absolute atomic E-state index is 0.0339. The fourth-order valence-corrected chi connectivity index (χ4v) is 4.38. The summed E-state index contributed by atoms with van der Waals surface area (Å²) in [5.41, 5.74) is 0.289. The molecular weight excluding hydrogens is 392 g/mol. The van der Waals surface area contributed by atoms with Crippen LogP contribution in [-0.2, 0) is 24.8 Å². The van der Waals surface area contributed by atoms with Crippen molar-refractivity contribution in [1.82, 2.24) is 4.72 Å². The number of esters is 1. The number of rotatable bonds is 8. The first kappa shape index (κ1) is 20.9. The van der Waals surface area contributed by atoms with Crippen molar-refractivity contribution < 1.29 is 26.4 Å². The first-order valence-electron chi connectivity index (χ1n) is 8.00. The van der Waals surface area contributed by atoms with E-state index < -0.39 is 26.0 Å². The highest BCUT2D eigenvalue weighted by Gasteiger charge is 2.18. The summed E-state index contributed by atoms with van der Waals surface area (Å²) >= 11 is 0. The standard InChI is InChI=1S/C17H20N2O6S2/c1-3-11-18-26(21,22)15-9-7-14(8-10-15)19-27(23,24)16-6-4-5-13(12-16)17(20)25-2/h4-10,12,18-19H,3,11H2,1-2H3. The molecule has 0 aliphatic heterocycles. The largest absolute Gasteiger partial charge is 0.465 e. The van der Waals surface area contributed by atoms with Gasteiger partial charge in [0.1, 0.15) is 0 Å². The van der Waals surface area contributed by atoms with Crippen LogP contribution in [0, 0.1) is 0 Å². The van der Waals surface area contributed by atoms with Crippen LogP contribution in [0.15, 0.2) is 58.3 Å². The van der Waals surface area contributed by atoms with Crippen molar-refractivity contribution in [1.29, 1.82) is 0 Å². The van der Waals surface area contributed by atoms with Gasteiger partial charge in [-0.3, -0.25) is 4.72 Å². The molecule has 0 heterocycles. The number of anilines is 1. The van der Waals surface area contributed by atoms with Gasteiger partial charge in [0.25, 0.3) is 10.0 Å². The molecule has 0 aromatic heterocycles. The number of hydrogen-bond donors (Lipinski definition) is 2. The molecule has 0 fully saturated rings. The number of methoxy groups -OCH3 is 1. The van der Waals surface area contributed by atoms with E-state index in [1.165, 1.54) is 55.6 Å². The lowest BCUT2D eigenvalue weighted by Crippen LogP contribution is -2.24. The van der Waals surface area contributed by atoms with Gasteiger partial charge in [0, 0.05) is 12.2 Å². The summed E-state index contributed by atoms with van der Waals surface area (Å²) in [5, 5.41) is 0. The van der Waals surface area contributed by atoms with Crippen LogP contribution in [0.2, 0.25) is 0 Å². The predicted octanol–water partition coefficient (Wildman–Crippen LogP) is 1.96. The van der Waals surface area contributed by atoms with Gasteiger partial charge in [-0.15, -0.1) is 0 Å². The van der Waals surface area contributed by atoms with Crippen molar-refractivity contribution >= 4 is 31.7 Å². The smallest absolute Gasteiger partial charge is 0.337 e. The molecule has 2 aromatic carbocycles. The Labute approximate surface area is 158 Å². The Kier molecular flexibility index (Phi) is 6.58. The Balaban J connectivity index is 2.22. The van der Waals surface area contributed by atoms with E-state index in [-0.39, 0.29) is 21.0 Å². The Hall–Kier alpha value is -2.43. The third-order valence-electron chi connectivity index (χ3n) is 3.52. The van der Waals surface area contributed by atoms with Gasteiger partial charge >= 0.3 is 5.97 Å². The average Bonchev–Trinajstić information content (AvgIpc) is 2.66. The van der Waals surface area contributed by atoms with Crippen molar-refractivity contribution in [2.45, 2.75) is 23.1 Å². The second kappa shape index (κ2) is 8.51. The first-order chi connectivity index (χ1) is 12.7. The lowest BCUT2D eigenvalue weighted by molar-refractivity contribution is 0.0600. The maximum absolute atomic E-state index is 12.5. The zero-order chi connectivity index (χ0) is 20.1. The molecule has 2 N–H and O–H groups in total. The number of nitrogens with one attached hydrogen (secondary N) is 2. The summed E-state index contributed by atoms with van der Waals surface area (Å²) in [5.74, 6) is -0.652. The molecule has 0 bridgehead atoms. The third kappa shape index (κ3) is 5.28. The van der Waals surface area contributed by atoms with Crippen molar-refractivity contribution in [3.05, 3.63) is 54.1 Å². The summed E-state index contributed by atoms with van der Waals surface area (Å²) in [6.45, 7) is 2.16. The molecule has 0 amide bonds. The SMILES string of the molecule is CCCNS(=O)(=O)c1ccc(NS(=O)(=O)c2cccc(C(=O)OC)c2)cc1. The number of sulfonamides is 2. The minimum Gasteiger partial charge on any atom is -0.465 e. The fraction of sp³-hybridized carbons (Fsp3) is 0.235. The number of carbonyl (C=O) groups is 1. The van der Waals surface area contributed by atoms with Crippen LogP contribution in [-0.4, -0.2) is 36.5 Å². The molecule has 0 saturated heterocycles. The molecule has 0 atom stereocenters. The van der Waals surface area contributed by atoms with Crippen molar-refractivity contribution in [2.24, 2.45) is 0 Å². The van der Waals surface area contributed by atoms with Gasteiger partial charge in [0.05, 0.1) is 22.5 Å². The lowest BCUT2D eigenvalue weighted by Gasteiger charge is -2.10. The Morgan fingerprint density at radius 2 is 1.63 bits per heavy atom. The quantitative estimate of drug-likeness (QED) is 0.640. The maximum Gasteiger partial charge on any atom is 0.337 e. The normalized spacial score (nSPS) is 11.8. The zero-order valence-corrected chi connectivity index (χ0v) is 16.4. The van der Waals surface area contributed by atoms with Gasteiger partial charge in [0.15, 0.2) is 0 Å². The second-order valence-corrected chi connectivity index (χ2v) is 9.00. The van der Waals surface area contributed by atoms with Crippen LogP contribution >= 0.6 is 0 Å². The monoisotopic (exact) mass is 412 g/mol. The van der Waals surface area contributed by atoms with Crippen LogP contribution in [0.4, 0.5) is 5.69 Å². The van der Waals surface area contributed by atoms with Gasteiger partial charge < -0.3 is 4.74 Å². The number of hydrogen-bond acceptors (Lipinski definition) is 6. The number of benzene rings is 2. The first-order valence-corrected chi connectivity index (χ1v) is 11.0. The van der Waals surface area contributed by atoms with Crippen LogP contribution in [0.3, 0.4) is 0 Å². The molecule has 0 radical (unpaired) electrons. The van der Waals surface area contributed by atoms with Crippen LogP contribution in [0.1, 0.15) is 23.7 Å². The van der Waals surface area contributed by atoms with Crippen LogP contribution in [0.5, 0.6) is 0 Å². The summed E-state index contributed by atoms with van der Waals surface area (Å²) in [4.78, 5) is 11.5. The lowest BCUT2D eigenvalue weighted by atomic mass is 10.2. The van der Waals surface area contributed by atoms with E-state index in [1.807, 2.05) is 6.92 Å². The predicted molar refractivity (Wildman–Crippen MR) is 101 cm³/mol. The van der Waals surface area contributed by atoms with E-state index in [9.17, 15) is 21.6 Å². The van der Waals surface area contributed by atoms with E-state index in [1.54, 1.807) is 0 Å². The van der Waals surface area contributed by atoms with E-state index in [0.29, 0.717) is 13.0 Å². The van der Waals surface area contributed by atoms with Gasteiger partial charge in [-0.1, -0.05) is 13.0 Å². The molecule has 27 heavy (non-hydrogen) atoms. The molecule has 0 unspecified atom stereocenters. The summed E-state index contributed by atoms with van der Waals surface area (Å²) < 4.78 is 58.4. The summed E-state index contributed by atoms with van der Waals surface area (Å²) in [6.07, 6.45) is 0.655.